The van der Waals surface area contributed by atoms with Crippen molar-refractivity contribution >= 4 is 11.7 Å². The van der Waals surface area contributed by atoms with Gasteiger partial charge in [-0.1, -0.05) is 19.1 Å². The molecule has 1 amide bonds. The molecule has 1 aromatic rings. The third-order valence-electron chi connectivity index (χ3n) is 3.31. The molecule has 1 saturated heterocycles. The van der Waals surface area contributed by atoms with Crippen LogP contribution in [0.2, 0.25) is 0 Å². The van der Waals surface area contributed by atoms with E-state index in [-0.39, 0.29) is 29.7 Å². The highest BCUT2D eigenvalue weighted by Gasteiger charge is 2.27. The summed E-state index contributed by atoms with van der Waals surface area (Å²) >= 11 is 0. The van der Waals surface area contributed by atoms with Crippen LogP contribution < -0.4 is 0 Å². The van der Waals surface area contributed by atoms with Gasteiger partial charge in [0.2, 0.25) is 5.91 Å². The number of hydrogen-bond acceptors (Lipinski definition) is 2. The number of carbonyl (C=O) groups is 2. The van der Waals surface area contributed by atoms with Crippen molar-refractivity contribution in [3.05, 3.63) is 35.6 Å². The minimum absolute atomic E-state index is 0.00839. The molecule has 18 heavy (non-hydrogen) atoms. The molecular formula is C14H16FNO2. The maximum Gasteiger partial charge on any atom is 0.225 e. The molecule has 2 rings (SSSR count). The Bertz CT molecular complexity index is 473. The predicted molar refractivity (Wildman–Crippen MR) is 65.7 cm³/mol. The van der Waals surface area contributed by atoms with Gasteiger partial charge in [-0.3, -0.25) is 9.59 Å². The highest BCUT2D eigenvalue weighted by atomic mass is 19.1. The van der Waals surface area contributed by atoms with Gasteiger partial charge in [0.25, 0.3) is 0 Å². The summed E-state index contributed by atoms with van der Waals surface area (Å²) in [6, 6.07) is 5.88. The Hall–Kier alpha value is -1.71. The van der Waals surface area contributed by atoms with Crippen LogP contribution in [0.25, 0.3) is 0 Å². The monoisotopic (exact) mass is 249 g/mol. The molecule has 1 aliphatic heterocycles. The van der Waals surface area contributed by atoms with Gasteiger partial charge in [-0.2, -0.15) is 0 Å². The first-order chi connectivity index (χ1) is 8.59. The summed E-state index contributed by atoms with van der Waals surface area (Å²) in [6.45, 7) is 2.43. The Balaban J connectivity index is 2.08. The fourth-order valence-corrected chi connectivity index (χ4v) is 2.24. The second-order valence-electron chi connectivity index (χ2n) is 4.71. The number of hydrogen-bond donors (Lipinski definition) is 0. The van der Waals surface area contributed by atoms with Crippen LogP contribution in [0.1, 0.15) is 30.1 Å². The molecule has 0 N–H and O–H groups in total. The zero-order chi connectivity index (χ0) is 13.1. The Morgan fingerprint density at radius 3 is 2.89 bits per heavy atom. The lowest BCUT2D eigenvalue weighted by Crippen LogP contribution is -2.43. The Kier molecular flexibility index (Phi) is 3.75. The van der Waals surface area contributed by atoms with E-state index in [0.29, 0.717) is 6.54 Å². The average Bonchev–Trinajstić information content (AvgIpc) is 2.35. The molecule has 0 bridgehead atoms. The summed E-state index contributed by atoms with van der Waals surface area (Å²) in [5.41, 5.74) is 0.0588. The van der Waals surface area contributed by atoms with Gasteiger partial charge in [0.15, 0.2) is 5.78 Å². The average molecular weight is 249 g/mol. The SMILES string of the molecule is CC1CCCN(CC(=O)c2ccccc2F)C1=O. The zero-order valence-electron chi connectivity index (χ0n) is 10.4. The first kappa shape index (κ1) is 12.7. The number of nitrogens with zero attached hydrogens (tertiary/aromatic N) is 1. The number of piperidine rings is 1. The van der Waals surface area contributed by atoms with Crippen LogP contribution in [0, 0.1) is 11.7 Å². The van der Waals surface area contributed by atoms with E-state index in [1.807, 2.05) is 6.92 Å². The first-order valence-corrected chi connectivity index (χ1v) is 6.16. The Morgan fingerprint density at radius 2 is 2.17 bits per heavy atom. The van der Waals surface area contributed by atoms with Gasteiger partial charge >= 0.3 is 0 Å². The van der Waals surface area contributed by atoms with E-state index < -0.39 is 5.82 Å². The second kappa shape index (κ2) is 5.29. The number of amides is 1. The standard InChI is InChI=1S/C14H16FNO2/c1-10-5-4-8-16(14(10)18)9-13(17)11-6-2-3-7-12(11)15/h2-3,6-7,10H,4-5,8-9H2,1H3. The second-order valence-corrected chi connectivity index (χ2v) is 4.71. The van der Waals surface area contributed by atoms with Crippen molar-refractivity contribution in [2.45, 2.75) is 19.8 Å². The van der Waals surface area contributed by atoms with Crippen molar-refractivity contribution in [3.8, 4) is 0 Å². The van der Waals surface area contributed by atoms with Crippen molar-refractivity contribution in [1.29, 1.82) is 0 Å². The Labute approximate surface area is 106 Å². The molecule has 3 nitrogen and oxygen atoms in total. The van der Waals surface area contributed by atoms with Crippen molar-refractivity contribution in [3.63, 3.8) is 0 Å². The van der Waals surface area contributed by atoms with Crippen molar-refractivity contribution in [2.24, 2.45) is 5.92 Å². The van der Waals surface area contributed by atoms with E-state index in [4.69, 9.17) is 0 Å². The predicted octanol–water partition coefficient (Wildman–Crippen LogP) is 2.27. The van der Waals surface area contributed by atoms with Gasteiger partial charge in [-0.25, -0.2) is 4.39 Å². The lowest BCUT2D eigenvalue weighted by atomic mass is 9.98. The molecule has 1 fully saturated rings. The molecule has 0 aliphatic carbocycles. The molecule has 0 saturated carbocycles. The van der Waals surface area contributed by atoms with Crippen molar-refractivity contribution in [1.82, 2.24) is 4.90 Å². The van der Waals surface area contributed by atoms with E-state index in [1.165, 1.54) is 17.0 Å². The summed E-state index contributed by atoms with van der Waals surface area (Å²) in [7, 11) is 0. The third-order valence-corrected chi connectivity index (χ3v) is 3.31. The van der Waals surface area contributed by atoms with E-state index in [0.717, 1.165) is 12.8 Å². The molecule has 1 aliphatic rings. The topological polar surface area (TPSA) is 37.4 Å². The van der Waals surface area contributed by atoms with E-state index in [9.17, 15) is 14.0 Å². The van der Waals surface area contributed by atoms with Gasteiger partial charge < -0.3 is 4.90 Å². The van der Waals surface area contributed by atoms with E-state index >= 15 is 0 Å². The number of carbonyl (C=O) groups excluding carboxylic acids is 2. The van der Waals surface area contributed by atoms with Crippen molar-refractivity contribution in [2.75, 3.05) is 13.1 Å². The van der Waals surface area contributed by atoms with Crippen LogP contribution in [0.4, 0.5) is 4.39 Å². The number of benzene rings is 1. The third kappa shape index (κ3) is 2.58. The molecule has 1 aromatic carbocycles. The fourth-order valence-electron chi connectivity index (χ4n) is 2.24. The maximum absolute atomic E-state index is 13.4. The highest BCUT2D eigenvalue weighted by molar-refractivity contribution is 5.99. The summed E-state index contributed by atoms with van der Waals surface area (Å²) in [6.07, 6.45) is 1.76. The molecule has 96 valence electrons. The van der Waals surface area contributed by atoms with Crippen LogP contribution in [-0.2, 0) is 4.79 Å². The minimum atomic E-state index is -0.528. The molecule has 1 unspecified atom stereocenters. The van der Waals surface area contributed by atoms with Crippen LogP contribution in [0.15, 0.2) is 24.3 Å². The lowest BCUT2D eigenvalue weighted by molar-refractivity contribution is -0.137. The van der Waals surface area contributed by atoms with Gasteiger partial charge in [-0.05, 0) is 25.0 Å². The quantitative estimate of drug-likeness (QED) is 0.771. The summed E-state index contributed by atoms with van der Waals surface area (Å²) in [5, 5.41) is 0. The molecule has 0 radical (unpaired) electrons. The summed E-state index contributed by atoms with van der Waals surface area (Å²) in [4.78, 5) is 25.3. The van der Waals surface area contributed by atoms with Gasteiger partial charge in [0, 0.05) is 12.5 Å². The number of rotatable bonds is 3. The van der Waals surface area contributed by atoms with Crippen LogP contribution >= 0.6 is 0 Å². The molecular weight excluding hydrogens is 233 g/mol. The number of halogens is 1. The molecule has 0 spiro atoms. The first-order valence-electron chi connectivity index (χ1n) is 6.16. The number of likely N-dealkylation sites (tertiary alicyclic amines) is 1. The highest BCUT2D eigenvalue weighted by Crippen LogP contribution is 2.18. The Morgan fingerprint density at radius 1 is 1.44 bits per heavy atom. The largest absolute Gasteiger partial charge is 0.335 e. The minimum Gasteiger partial charge on any atom is -0.335 e. The smallest absolute Gasteiger partial charge is 0.225 e. The summed E-state index contributed by atoms with van der Waals surface area (Å²) in [5.74, 6) is -0.909. The van der Waals surface area contributed by atoms with Crippen LogP contribution in [-0.4, -0.2) is 29.7 Å². The molecule has 4 heteroatoms. The normalized spacial score (nSPS) is 20.0. The van der Waals surface area contributed by atoms with Crippen molar-refractivity contribution < 1.29 is 14.0 Å². The maximum atomic E-state index is 13.4. The molecule has 0 aromatic heterocycles. The molecule has 1 atom stereocenters. The van der Waals surface area contributed by atoms with E-state index in [1.54, 1.807) is 12.1 Å². The fraction of sp³-hybridized carbons (Fsp3) is 0.429. The van der Waals surface area contributed by atoms with Gasteiger partial charge in [0.1, 0.15) is 5.82 Å². The van der Waals surface area contributed by atoms with E-state index in [2.05, 4.69) is 0 Å². The van der Waals surface area contributed by atoms with Crippen LogP contribution in [0.5, 0.6) is 0 Å². The number of ketones is 1. The van der Waals surface area contributed by atoms with Crippen LogP contribution in [0.3, 0.4) is 0 Å². The van der Waals surface area contributed by atoms with Gasteiger partial charge in [-0.15, -0.1) is 0 Å². The molecule has 1 heterocycles. The zero-order valence-corrected chi connectivity index (χ0v) is 10.4. The lowest BCUT2D eigenvalue weighted by Gasteiger charge is -2.30. The summed E-state index contributed by atoms with van der Waals surface area (Å²) < 4.78 is 13.4. The van der Waals surface area contributed by atoms with Gasteiger partial charge in [0.05, 0.1) is 12.1 Å². The number of Topliss-reactive ketones (excluding diaryl/α,β-unsaturated/α-hetero) is 1.